The minimum atomic E-state index is -0.718. The molecule has 1 aliphatic heterocycles. The molecule has 0 aliphatic carbocycles. The number of ether oxygens (including phenoxy) is 1. The number of aliphatic hydroxyl groups is 1. The Hall–Kier alpha value is -3.64. The number of likely N-dealkylation sites (tertiary alicyclic amines) is 1. The van der Waals surface area contributed by atoms with Crippen LogP contribution in [0.2, 0.25) is 0 Å². The van der Waals surface area contributed by atoms with Crippen LogP contribution in [0.15, 0.2) is 72.8 Å². The van der Waals surface area contributed by atoms with Crippen LogP contribution >= 0.6 is 0 Å². The Balaban J connectivity index is 1.34. The smallest absolute Gasteiger partial charge is 0.223 e. The van der Waals surface area contributed by atoms with Crippen LogP contribution in [0.1, 0.15) is 34.9 Å². The van der Waals surface area contributed by atoms with Crippen molar-refractivity contribution in [2.75, 3.05) is 13.2 Å². The molecule has 0 radical (unpaired) electrons. The predicted molar refractivity (Wildman–Crippen MR) is 136 cm³/mol. The van der Waals surface area contributed by atoms with Crippen LogP contribution in [0.25, 0.3) is 11.0 Å². The molecule has 1 N–H and O–H groups in total. The van der Waals surface area contributed by atoms with Crippen molar-refractivity contribution in [3.05, 3.63) is 95.3 Å². The second-order valence-electron chi connectivity index (χ2n) is 9.52. The Labute approximate surface area is 205 Å². The van der Waals surface area contributed by atoms with Gasteiger partial charge in [-0.2, -0.15) is 0 Å². The van der Waals surface area contributed by atoms with E-state index in [2.05, 4.69) is 10.6 Å². The summed E-state index contributed by atoms with van der Waals surface area (Å²) < 4.78 is 7.97. The van der Waals surface area contributed by atoms with E-state index >= 15 is 0 Å². The number of hydrogen-bond acceptors (Lipinski definition) is 4. The van der Waals surface area contributed by atoms with Crippen LogP contribution in [-0.4, -0.2) is 44.7 Å². The number of carbonyl (C=O) groups is 1. The number of amides is 1. The third-order valence-electron chi connectivity index (χ3n) is 6.51. The Morgan fingerprint density at radius 2 is 1.74 bits per heavy atom. The molecule has 1 aliphatic rings. The van der Waals surface area contributed by atoms with Crippen molar-refractivity contribution in [3.8, 4) is 5.75 Å². The predicted octanol–water partition coefficient (Wildman–Crippen LogP) is 4.61. The lowest BCUT2D eigenvalue weighted by atomic mass is 10.1. The molecule has 6 nitrogen and oxygen atoms in total. The number of imidazole rings is 1. The number of hydrogen-bond donors (Lipinski definition) is 1. The number of para-hydroxylation sites is 2. The van der Waals surface area contributed by atoms with E-state index in [0.717, 1.165) is 39.3 Å². The van der Waals surface area contributed by atoms with E-state index < -0.39 is 6.10 Å². The van der Waals surface area contributed by atoms with Crippen molar-refractivity contribution in [2.24, 2.45) is 0 Å². The van der Waals surface area contributed by atoms with Crippen LogP contribution in [0.5, 0.6) is 5.75 Å². The summed E-state index contributed by atoms with van der Waals surface area (Å²) in [4.78, 5) is 19.6. The van der Waals surface area contributed by atoms with Crippen LogP contribution in [0.4, 0.5) is 0 Å². The van der Waals surface area contributed by atoms with Gasteiger partial charge in [0.1, 0.15) is 24.3 Å². The minimum Gasteiger partial charge on any atom is -0.491 e. The van der Waals surface area contributed by atoms with E-state index in [0.29, 0.717) is 26.1 Å². The zero-order chi connectivity index (χ0) is 24.4. The maximum Gasteiger partial charge on any atom is 0.223 e. The van der Waals surface area contributed by atoms with Crippen LogP contribution < -0.4 is 4.74 Å². The van der Waals surface area contributed by atoms with E-state index in [1.807, 2.05) is 85.5 Å². The molecule has 6 heteroatoms. The van der Waals surface area contributed by atoms with Gasteiger partial charge in [-0.15, -0.1) is 0 Å². The first-order valence-corrected chi connectivity index (χ1v) is 12.1. The van der Waals surface area contributed by atoms with Crippen molar-refractivity contribution < 1.29 is 14.6 Å². The Bertz CT molecular complexity index is 1310. The number of aryl methyl sites for hydroxylation is 2. The molecule has 1 fully saturated rings. The summed E-state index contributed by atoms with van der Waals surface area (Å²) >= 11 is 0. The highest BCUT2D eigenvalue weighted by Gasteiger charge is 2.34. The Morgan fingerprint density at radius 1 is 1.03 bits per heavy atom. The average molecular weight is 470 g/mol. The fourth-order valence-electron chi connectivity index (χ4n) is 4.97. The standard InChI is InChI=1S/C29H31N3O3/c1-20-12-21(2)14-25(13-20)35-19-24(33)18-32-27-11-7-6-10-26(27)30-29(32)23-15-28(34)31(17-23)16-22-8-4-3-5-9-22/h3-14,23-24,33H,15-19H2,1-2H3. The summed E-state index contributed by atoms with van der Waals surface area (Å²) in [5.41, 5.74) is 5.21. The maximum atomic E-state index is 12.8. The van der Waals surface area contributed by atoms with Gasteiger partial charge in [0.2, 0.25) is 5.91 Å². The van der Waals surface area contributed by atoms with Crippen LogP contribution in [0.3, 0.4) is 0 Å². The second-order valence-corrected chi connectivity index (χ2v) is 9.52. The first kappa shape index (κ1) is 23.1. The summed E-state index contributed by atoms with van der Waals surface area (Å²) in [7, 11) is 0. The Morgan fingerprint density at radius 3 is 2.51 bits per heavy atom. The van der Waals surface area contributed by atoms with Gasteiger partial charge in [-0.05, 0) is 54.8 Å². The van der Waals surface area contributed by atoms with Crippen molar-refractivity contribution in [3.63, 3.8) is 0 Å². The number of aromatic nitrogens is 2. The van der Waals surface area contributed by atoms with Gasteiger partial charge < -0.3 is 19.3 Å². The summed E-state index contributed by atoms with van der Waals surface area (Å²) in [6.07, 6.45) is -0.296. The second kappa shape index (κ2) is 9.92. The maximum absolute atomic E-state index is 12.8. The van der Waals surface area contributed by atoms with E-state index in [4.69, 9.17) is 9.72 Å². The van der Waals surface area contributed by atoms with E-state index in [1.54, 1.807) is 0 Å². The molecular weight excluding hydrogens is 438 g/mol. The number of carbonyl (C=O) groups excluding carboxylic acids is 1. The molecule has 0 saturated carbocycles. The molecule has 1 saturated heterocycles. The summed E-state index contributed by atoms with van der Waals surface area (Å²) in [6, 6.07) is 24.0. The fourth-order valence-corrected chi connectivity index (χ4v) is 4.97. The topological polar surface area (TPSA) is 67.6 Å². The first-order chi connectivity index (χ1) is 17.0. The zero-order valence-corrected chi connectivity index (χ0v) is 20.2. The van der Waals surface area contributed by atoms with Crippen molar-refractivity contribution in [1.29, 1.82) is 0 Å². The van der Waals surface area contributed by atoms with Gasteiger partial charge in [-0.3, -0.25) is 4.79 Å². The lowest BCUT2D eigenvalue weighted by molar-refractivity contribution is -0.128. The minimum absolute atomic E-state index is 0.0221. The molecule has 2 unspecified atom stereocenters. The normalized spacial score (nSPS) is 16.7. The molecule has 35 heavy (non-hydrogen) atoms. The van der Waals surface area contributed by atoms with E-state index in [-0.39, 0.29) is 18.4 Å². The van der Waals surface area contributed by atoms with Crippen LogP contribution in [0, 0.1) is 13.8 Å². The highest BCUT2D eigenvalue weighted by molar-refractivity contribution is 5.81. The zero-order valence-electron chi connectivity index (χ0n) is 20.2. The van der Waals surface area contributed by atoms with Gasteiger partial charge in [0.25, 0.3) is 0 Å². The molecule has 2 atom stereocenters. The molecular formula is C29H31N3O3. The van der Waals surface area contributed by atoms with Gasteiger partial charge in [0.05, 0.1) is 17.6 Å². The van der Waals surface area contributed by atoms with Gasteiger partial charge in [0, 0.05) is 25.4 Å². The number of benzene rings is 3. The molecule has 3 aromatic carbocycles. The van der Waals surface area contributed by atoms with E-state index in [1.165, 1.54) is 0 Å². The van der Waals surface area contributed by atoms with Crippen LogP contribution in [-0.2, 0) is 17.9 Å². The number of nitrogens with zero attached hydrogens (tertiary/aromatic N) is 3. The lowest BCUT2D eigenvalue weighted by Gasteiger charge is -2.19. The quantitative estimate of drug-likeness (QED) is 0.409. The number of fused-ring (bicyclic) bond motifs is 1. The molecule has 180 valence electrons. The summed E-state index contributed by atoms with van der Waals surface area (Å²) in [5.74, 6) is 1.72. The first-order valence-electron chi connectivity index (χ1n) is 12.1. The SMILES string of the molecule is Cc1cc(C)cc(OCC(O)Cn2c(C3CC(=O)N(Cc4ccccc4)C3)nc3ccccc32)c1. The molecule has 2 heterocycles. The molecule has 0 spiro atoms. The Kier molecular flexibility index (Phi) is 6.55. The van der Waals surface area contributed by atoms with E-state index in [9.17, 15) is 9.90 Å². The van der Waals surface area contributed by atoms with Gasteiger partial charge in [0.15, 0.2) is 0 Å². The van der Waals surface area contributed by atoms with Crippen molar-refractivity contribution in [1.82, 2.24) is 14.5 Å². The molecule has 1 amide bonds. The highest BCUT2D eigenvalue weighted by Crippen LogP contribution is 2.31. The van der Waals surface area contributed by atoms with Crippen molar-refractivity contribution in [2.45, 2.75) is 45.4 Å². The monoisotopic (exact) mass is 469 g/mol. The molecule has 4 aromatic rings. The largest absolute Gasteiger partial charge is 0.491 e. The fraction of sp³-hybridized carbons (Fsp3) is 0.310. The van der Waals surface area contributed by atoms with Gasteiger partial charge in [-0.1, -0.05) is 48.5 Å². The lowest BCUT2D eigenvalue weighted by Crippen LogP contribution is -2.26. The summed E-state index contributed by atoms with van der Waals surface area (Å²) in [5, 5.41) is 10.9. The highest BCUT2D eigenvalue weighted by atomic mass is 16.5. The molecule has 0 bridgehead atoms. The van der Waals surface area contributed by atoms with Crippen molar-refractivity contribution >= 4 is 16.9 Å². The average Bonchev–Trinajstić information content (AvgIpc) is 3.38. The number of rotatable bonds is 8. The third kappa shape index (κ3) is 5.23. The molecule has 5 rings (SSSR count). The third-order valence-corrected chi connectivity index (χ3v) is 6.51. The van der Waals surface area contributed by atoms with Gasteiger partial charge in [-0.25, -0.2) is 4.98 Å². The molecule has 1 aromatic heterocycles. The summed E-state index contributed by atoms with van der Waals surface area (Å²) in [6.45, 7) is 5.81. The van der Waals surface area contributed by atoms with Gasteiger partial charge >= 0.3 is 0 Å². The number of aliphatic hydroxyl groups excluding tert-OH is 1.